The lowest BCUT2D eigenvalue weighted by molar-refractivity contribution is 0.415. The molecular weight excluding hydrogens is 238 g/mol. The van der Waals surface area contributed by atoms with Crippen LogP contribution in [0.1, 0.15) is 0 Å². The Kier molecular flexibility index (Phi) is 2.83. The van der Waals surface area contributed by atoms with Crippen molar-refractivity contribution < 1.29 is 4.74 Å². The first-order valence-corrected chi connectivity index (χ1v) is 6.11. The minimum absolute atomic E-state index is 0.768. The molecule has 2 aromatic carbocycles. The van der Waals surface area contributed by atoms with Crippen LogP contribution >= 0.6 is 0 Å². The number of benzene rings is 2. The molecular formula is C15H15N3O. The van der Waals surface area contributed by atoms with Crippen LogP contribution in [0.2, 0.25) is 0 Å². The molecule has 0 radical (unpaired) electrons. The van der Waals surface area contributed by atoms with Crippen LogP contribution in [0.3, 0.4) is 0 Å². The molecule has 0 saturated heterocycles. The van der Waals surface area contributed by atoms with Crippen LogP contribution in [-0.4, -0.2) is 24.1 Å². The summed E-state index contributed by atoms with van der Waals surface area (Å²) < 4.78 is 5.23. The van der Waals surface area contributed by atoms with E-state index in [1.54, 1.807) is 7.11 Å². The molecule has 0 aliphatic heterocycles. The van der Waals surface area contributed by atoms with Gasteiger partial charge >= 0.3 is 0 Å². The first-order valence-electron chi connectivity index (χ1n) is 6.11. The van der Waals surface area contributed by atoms with E-state index in [1.165, 1.54) is 5.39 Å². The highest BCUT2D eigenvalue weighted by Gasteiger charge is 2.04. The predicted molar refractivity (Wildman–Crippen MR) is 77.6 cm³/mol. The molecule has 1 aromatic heterocycles. The number of rotatable bonds is 3. The molecule has 2 N–H and O–H groups in total. The number of hydrogen-bond acceptors (Lipinski definition) is 3. The monoisotopic (exact) mass is 253 g/mol. The standard InChI is InChI=1S/C15H15N3O/c1-16-15-17-9-14(18-15)12-4-3-11-8-13(19-2)6-5-10(11)7-12/h3-9H,1-2H3,(H2,16,17,18). The van der Waals surface area contributed by atoms with Crippen LogP contribution < -0.4 is 10.1 Å². The summed E-state index contributed by atoms with van der Waals surface area (Å²) in [5.41, 5.74) is 2.12. The van der Waals surface area contributed by atoms with E-state index in [0.29, 0.717) is 0 Å². The molecule has 0 aliphatic rings. The van der Waals surface area contributed by atoms with E-state index in [1.807, 2.05) is 25.4 Å². The average Bonchev–Trinajstić information content (AvgIpc) is 2.95. The minimum Gasteiger partial charge on any atom is -0.497 e. The quantitative estimate of drug-likeness (QED) is 0.753. The summed E-state index contributed by atoms with van der Waals surface area (Å²) in [5, 5.41) is 5.33. The molecule has 0 spiro atoms. The van der Waals surface area contributed by atoms with Gasteiger partial charge in [0, 0.05) is 12.6 Å². The molecule has 19 heavy (non-hydrogen) atoms. The van der Waals surface area contributed by atoms with Crippen molar-refractivity contribution in [1.29, 1.82) is 0 Å². The van der Waals surface area contributed by atoms with Gasteiger partial charge in [0.1, 0.15) is 5.75 Å². The SMILES string of the molecule is CNc1ncc(-c2ccc3cc(OC)ccc3c2)[nH]1. The molecule has 3 rings (SSSR count). The summed E-state index contributed by atoms with van der Waals surface area (Å²) in [6.07, 6.45) is 1.83. The maximum Gasteiger partial charge on any atom is 0.200 e. The van der Waals surface area contributed by atoms with E-state index >= 15 is 0 Å². The third-order valence-electron chi connectivity index (χ3n) is 3.17. The highest BCUT2D eigenvalue weighted by Crippen LogP contribution is 2.26. The highest BCUT2D eigenvalue weighted by atomic mass is 16.5. The Hall–Kier alpha value is -2.49. The maximum absolute atomic E-state index is 5.23. The molecule has 0 atom stereocenters. The number of imidazole rings is 1. The van der Waals surface area contributed by atoms with Crippen molar-refractivity contribution in [2.24, 2.45) is 0 Å². The largest absolute Gasteiger partial charge is 0.497 e. The second-order valence-corrected chi connectivity index (χ2v) is 4.32. The normalized spacial score (nSPS) is 10.6. The summed E-state index contributed by atoms with van der Waals surface area (Å²) in [6, 6.07) is 12.4. The molecule has 4 heteroatoms. The molecule has 0 amide bonds. The Morgan fingerprint density at radius 3 is 2.63 bits per heavy atom. The van der Waals surface area contributed by atoms with Crippen molar-refractivity contribution in [2.75, 3.05) is 19.5 Å². The van der Waals surface area contributed by atoms with E-state index in [9.17, 15) is 0 Å². The van der Waals surface area contributed by atoms with Crippen molar-refractivity contribution in [3.63, 3.8) is 0 Å². The number of aromatic amines is 1. The number of aromatic nitrogens is 2. The van der Waals surface area contributed by atoms with E-state index in [4.69, 9.17) is 4.74 Å². The summed E-state index contributed by atoms with van der Waals surface area (Å²) >= 11 is 0. The first-order chi connectivity index (χ1) is 9.30. The summed E-state index contributed by atoms with van der Waals surface area (Å²) in [4.78, 5) is 7.45. The smallest absolute Gasteiger partial charge is 0.200 e. The van der Waals surface area contributed by atoms with Crippen molar-refractivity contribution in [3.8, 4) is 17.0 Å². The fourth-order valence-corrected chi connectivity index (χ4v) is 2.11. The molecule has 0 saturated carbocycles. The number of ether oxygens (including phenoxy) is 1. The van der Waals surface area contributed by atoms with Gasteiger partial charge in [-0.3, -0.25) is 0 Å². The zero-order chi connectivity index (χ0) is 13.2. The lowest BCUT2D eigenvalue weighted by Crippen LogP contribution is -1.89. The Morgan fingerprint density at radius 2 is 1.89 bits per heavy atom. The van der Waals surface area contributed by atoms with Gasteiger partial charge in [0.15, 0.2) is 5.95 Å². The molecule has 0 aliphatic carbocycles. The van der Waals surface area contributed by atoms with Crippen LogP contribution in [0.25, 0.3) is 22.0 Å². The van der Waals surface area contributed by atoms with Crippen LogP contribution in [0.15, 0.2) is 42.6 Å². The first kappa shape index (κ1) is 11.6. The number of nitrogens with zero attached hydrogens (tertiary/aromatic N) is 1. The Balaban J connectivity index is 2.06. The molecule has 3 aromatic rings. The van der Waals surface area contributed by atoms with Crippen LogP contribution in [0.4, 0.5) is 5.95 Å². The average molecular weight is 253 g/mol. The van der Waals surface area contributed by atoms with Gasteiger partial charge in [-0.15, -0.1) is 0 Å². The Morgan fingerprint density at radius 1 is 1.11 bits per heavy atom. The third kappa shape index (κ3) is 2.12. The van der Waals surface area contributed by atoms with Crippen molar-refractivity contribution in [1.82, 2.24) is 9.97 Å². The third-order valence-corrected chi connectivity index (χ3v) is 3.17. The molecule has 0 unspecified atom stereocenters. The predicted octanol–water partition coefficient (Wildman–Crippen LogP) is 3.28. The summed E-state index contributed by atoms with van der Waals surface area (Å²) in [6.45, 7) is 0. The van der Waals surface area contributed by atoms with Crippen molar-refractivity contribution in [2.45, 2.75) is 0 Å². The summed E-state index contributed by atoms with van der Waals surface area (Å²) in [7, 11) is 3.52. The fourth-order valence-electron chi connectivity index (χ4n) is 2.11. The molecule has 96 valence electrons. The lowest BCUT2D eigenvalue weighted by atomic mass is 10.1. The van der Waals surface area contributed by atoms with Crippen molar-refractivity contribution in [3.05, 3.63) is 42.6 Å². The summed E-state index contributed by atoms with van der Waals surface area (Å²) in [5.74, 6) is 1.64. The van der Waals surface area contributed by atoms with Crippen molar-refractivity contribution >= 4 is 16.7 Å². The fraction of sp³-hybridized carbons (Fsp3) is 0.133. The zero-order valence-corrected chi connectivity index (χ0v) is 10.9. The highest BCUT2D eigenvalue weighted by molar-refractivity contribution is 5.88. The van der Waals surface area contributed by atoms with Gasteiger partial charge in [0.2, 0.25) is 0 Å². The molecule has 4 nitrogen and oxygen atoms in total. The maximum atomic E-state index is 5.23. The van der Waals surface area contributed by atoms with Crippen LogP contribution in [0.5, 0.6) is 5.75 Å². The van der Waals surface area contributed by atoms with Gasteiger partial charge < -0.3 is 15.0 Å². The zero-order valence-electron chi connectivity index (χ0n) is 10.9. The topological polar surface area (TPSA) is 49.9 Å². The molecule has 0 bridgehead atoms. The molecule has 1 heterocycles. The number of anilines is 1. The lowest BCUT2D eigenvalue weighted by Gasteiger charge is -2.04. The van der Waals surface area contributed by atoms with Crippen LogP contribution in [0, 0.1) is 0 Å². The van der Waals surface area contributed by atoms with E-state index in [-0.39, 0.29) is 0 Å². The van der Waals surface area contributed by atoms with Gasteiger partial charge in [0.25, 0.3) is 0 Å². The van der Waals surface area contributed by atoms with E-state index < -0.39 is 0 Å². The number of methoxy groups -OCH3 is 1. The van der Waals surface area contributed by atoms with Gasteiger partial charge in [-0.2, -0.15) is 0 Å². The minimum atomic E-state index is 0.768. The van der Waals surface area contributed by atoms with E-state index in [0.717, 1.165) is 28.3 Å². The Bertz CT molecular complexity index is 718. The second kappa shape index (κ2) is 4.65. The van der Waals surface area contributed by atoms with Gasteiger partial charge in [-0.1, -0.05) is 18.2 Å². The Labute approximate surface area is 111 Å². The van der Waals surface area contributed by atoms with E-state index in [2.05, 4.69) is 39.6 Å². The second-order valence-electron chi connectivity index (χ2n) is 4.32. The number of hydrogen-bond donors (Lipinski definition) is 2. The van der Waals surface area contributed by atoms with Gasteiger partial charge in [-0.05, 0) is 29.0 Å². The number of H-pyrrole nitrogens is 1. The number of nitrogens with one attached hydrogen (secondary N) is 2. The van der Waals surface area contributed by atoms with Crippen LogP contribution in [-0.2, 0) is 0 Å². The molecule has 0 fully saturated rings. The number of fused-ring (bicyclic) bond motifs is 1. The van der Waals surface area contributed by atoms with Gasteiger partial charge in [-0.25, -0.2) is 4.98 Å². The van der Waals surface area contributed by atoms with Gasteiger partial charge in [0.05, 0.1) is 19.0 Å².